The summed E-state index contributed by atoms with van der Waals surface area (Å²) in [7, 11) is 1.55. The number of nitrogens with two attached hydrogens (primary N) is 1. The van der Waals surface area contributed by atoms with E-state index in [4.69, 9.17) is 19.9 Å². The van der Waals surface area contributed by atoms with Crippen LogP contribution in [0, 0.1) is 5.92 Å². The highest BCUT2D eigenvalue weighted by Gasteiger charge is 2.30. The van der Waals surface area contributed by atoms with Crippen molar-refractivity contribution in [3.63, 3.8) is 0 Å². The molecule has 8 heteroatoms. The van der Waals surface area contributed by atoms with Crippen molar-refractivity contribution in [1.82, 2.24) is 5.01 Å². The first-order valence-corrected chi connectivity index (χ1v) is 12.2. The van der Waals surface area contributed by atoms with Crippen molar-refractivity contribution in [2.45, 2.75) is 38.3 Å². The summed E-state index contributed by atoms with van der Waals surface area (Å²) in [6.07, 6.45) is 5.54. The van der Waals surface area contributed by atoms with Crippen molar-refractivity contribution < 1.29 is 23.8 Å². The smallest absolute Gasteiger partial charge is 0.306 e. The second-order valence-corrected chi connectivity index (χ2v) is 9.00. The largest absolute Gasteiger partial charge is 0.475 e. The highest BCUT2D eigenvalue weighted by atomic mass is 16.6. The van der Waals surface area contributed by atoms with Crippen LogP contribution in [0.4, 0.5) is 0 Å². The number of ketones is 1. The topological polar surface area (TPSA) is 103 Å². The first-order chi connectivity index (χ1) is 17.0. The number of hydrazone groups is 1. The number of piperidine rings is 1. The van der Waals surface area contributed by atoms with Gasteiger partial charge in [0.15, 0.2) is 12.0 Å². The van der Waals surface area contributed by atoms with E-state index in [9.17, 15) is 9.59 Å². The van der Waals surface area contributed by atoms with Gasteiger partial charge in [-0.3, -0.25) is 20.3 Å². The predicted octanol–water partition coefficient (Wildman–Crippen LogP) is 3.15. The molecule has 2 aromatic rings. The molecular formula is C27H33N3O5. The molecule has 2 heterocycles. The van der Waals surface area contributed by atoms with Gasteiger partial charge in [-0.25, -0.2) is 0 Å². The van der Waals surface area contributed by atoms with E-state index in [2.05, 4.69) is 10.1 Å². The number of fused-ring (bicyclic) bond motifs is 1. The summed E-state index contributed by atoms with van der Waals surface area (Å²) in [5, 5.41) is 6.64. The molecule has 0 amide bonds. The minimum Gasteiger partial charge on any atom is -0.475 e. The normalized spacial score (nSPS) is 19.8. The zero-order valence-electron chi connectivity index (χ0n) is 20.2. The molecule has 2 aliphatic heterocycles. The molecule has 2 atom stereocenters. The van der Waals surface area contributed by atoms with E-state index < -0.39 is 6.23 Å². The fourth-order valence-corrected chi connectivity index (χ4v) is 4.37. The molecular weight excluding hydrogens is 446 g/mol. The SMILES string of the molecule is COCCOC(=O)CC1Cc2cc(C(=O)c3ccc(C=NN4CCCCC4)cc3)ccc2OC1N. The van der Waals surface area contributed by atoms with Crippen molar-refractivity contribution in [2.75, 3.05) is 33.4 Å². The molecule has 8 nitrogen and oxygen atoms in total. The lowest BCUT2D eigenvalue weighted by molar-refractivity contribution is -0.147. The van der Waals surface area contributed by atoms with E-state index in [1.807, 2.05) is 36.5 Å². The Balaban J connectivity index is 1.39. The molecule has 0 aromatic heterocycles. The van der Waals surface area contributed by atoms with E-state index in [1.54, 1.807) is 19.2 Å². The van der Waals surface area contributed by atoms with Gasteiger partial charge >= 0.3 is 5.97 Å². The summed E-state index contributed by atoms with van der Waals surface area (Å²) >= 11 is 0. The monoisotopic (exact) mass is 479 g/mol. The minimum atomic E-state index is -0.613. The van der Waals surface area contributed by atoms with Crippen molar-refractivity contribution in [2.24, 2.45) is 16.8 Å². The molecule has 2 N–H and O–H groups in total. The second kappa shape index (κ2) is 12.0. The van der Waals surface area contributed by atoms with Gasteiger partial charge in [-0.2, -0.15) is 5.10 Å². The Hall–Kier alpha value is -3.23. The van der Waals surface area contributed by atoms with Crippen LogP contribution in [0.5, 0.6) is 5.75 Å². The molecule has 0 bridgehead atoms. The van der Waals surface area contributed by atoms with Gasteiger partial charge in [-0.1, -0.05) is 24.3 Å². The third-order valence-electron chi connectivity index (χ3n) is 6.39. The van der Waals surface area contributed by atoms with E-state index in [-0.39, 0.29) is 30.7 Å². The Bertz CT molecular complexity index is 1050. The zero-order chi connectivity index (χ0) is 24.6. The van der Waals surface area contributed by atoms with Gasteiger partial charge in [0.2, 0.25) is 0 Å². The average Bonchev–Trinajstić information content (AvgIpc) is 2.88. The lowest BCUT2D eigenvalue weighted by Crippen LogP contribution is -2.41. The number of benzene rings is 2. The van der Waals surface area contributed by atoms with Crippen LogP contribution in [-0.2, 0) is 20.7 Å². The second-order valence-electron chi connectivity index (χ2n) is 9.00. The Morgan fingerprint density at radius 3 is 2.57 bits per heavy atom. The number of methoxy groups -OCH3 is 1. The maximum atomic E-state index is 13.1. The zero-order valence-corrected chi connectivity index (χ0v) is 20.2. The van der Waals surface area contributed by atoms with Gasteiger partial charge in [-0.15, -0.1) is 0 Å². The predicted molar refractivity (Wildman–Crippen MR) is 133 cm³/mol. The molecule has 2 aromatic carbocycles. The Kier molecular flexibility index (Phi) is 8.50. The number of hydrogen-bond donors (Lipinski definition) is 1. The highest BCUT2D eigenvalue weighted by Crippen LogP contribution is 2.32. The van der Waals surface area contributed by atoms with E-state index >= 15 is 0 Å². The number of rotatable bonds is 9. The molecule has 35 heavy (non-hydrogen) atoms. The fourth-order valence-electron chi connectivity index (χ4n) is 4.37. The van der Waals surface area contributed by atoms with Gasteiger partial charge in [0, 0.05) is 37.2 Å². The molecule has 1 saturated heterocycles. The van der Waals surface area contributed by atoms with E-state index in [1.165, 1.54) is 19.3 Å². The van der Waals surface area contributed by atoms with Crippen LogP contribution in [-0.4, -0.2) is 62.6 Å². The van der Waals surface area contributed by atoms with Gasteiger partial charge in [0.1, 0.15) is 12.4 Å². The minimum absolute atomic E-state index is 0.0716. The van der Waals surface area contributed by atoms with Gasteiger partial charge in [0.05, 0.1) is 19.2 Å². The van der Waals surface area contributed by atoms with Crippen LogP contribution >= 0.6 is 0 Å². The van der Waals surface area contributed by atoms with Crippen molar-refractivity contribution in [3.05, 3.63) is 64.7 Å². The molecule has 2 aliphatic rings. The lowest BCUT2D eigenvalue weighted by atomic mass is 9.90. The van der Waals surface area contributed by atoms with Gasteiger partial charge < -0.3 is 14.2 Å². The van der Waals surface area contributed by atoms with Crippen LogP contribution in [0.25, 0.3) is 0 Å². The number of carbonyl (C=O) groups is 2. The summed E-state index contributed by atoms with van der Waals surface area (Å²) in [6.45, 7) is 2.54. The molecule has 1 fully saturated rings. The highest BCUT2D eigenvalue weighted by molar-refractivity contribution is 6.09. The average molecular weight is 480 g/mol. The summed E-state index contributed by atoms with van der Waals surface area (Å²) in [5.74, 6) is -0.00731. The number of nitrogens with zero attached hydrogens (tertiary/aromatic N) is 2. The molecule has 0 aliphatic carbocycles. The van der Waals surface area contributed by atoms with Crippen molar-refractivity contribution in [1.29, 1.82) is 0 Å². The fraction of sp³-hybridized carbons (Fsp3) is 0.444. The van der Waals surface area contributed by atoms with Crippen LogP contribution in [0.15, 0.2) is 47.6 Å². The molecule has 0 saturated carbocycles. The quantitative estimate of drug-likeness (QED) is 0.255. The maximum absolute atomic E-state index is 13.1. The number of ether oxygens (including phenoxy) is 3. The third-order valence-corrected chi connectivity index (χ3v) is 6.39. The number of esters is 1. The van der Waals surface area contributed by atoms with Crippen LogP contribution in [0.1, 0.15) is 52.7 Å². The Morgan fingerprint density at radius 2 is 1.83 bits per heavy atom. The Morgan fingerprint density at radius 1 is 1.09 bits per heavy atom. The third kappa shape index (κ3) is 6.68. The first-order valence-electron chi connectivity index (χ1n) is 12.2. The van der Waals surface area contributed by atoms with Crippen LogP contribution < -0.4 is 10.5 Å². The molecule has 2 unspecified atom stereocenters. The summed E-state index contributed by atoms with van der Waals surface area (Å²) < 4.78 is 15.9. The summed E-state index contributed by atoms with van der Waals surface area (Å²) in [6, 6.07) is 12.8. The molecule has 186 valence electrons. The molecule has 4 rings (SSSR count). The Labute approximate surface area is 206 Å². The summed E-state index contributed by atoms with van der Waals surface area (Å²) in [5.41, 5.74) is 9.13. The molecule has 0 radical (unpaired) electrons. The van der Waals surface area contributed by atoms with Crippen LogP contribution in [0.3, 0.4) is 0 Å². The molecule has 0 spiro atoms. The maximum Gasteiger partial charge on any atom is 0.306 e. The summed E-state index contributed by atoms with van der Waals surface area (Å²) in [4.78, 5) is 25.2. The van der Waals surface area contributed by atoms with Crippen molar-refractivity contribution in [3.8, 4) is 5.75 Å². The van der Waals surface area contributed by atoms with Crippen LogP contribution in [0.2, 0.25) is 0 Å². The van der Waals surface area contributed by atoms with Crippen molar-refractivity contribution >= 4 is 18.0 Å². The van der Waals surface area contributed by atoms with E-state index in [0.29, 0.717) is 29.9 Å². The van der Waals surface area contributed by atoms with Gasteiger partial charge in [-0.05, 0) is 55.0 Å². The lowest BCUT2D eigenvalue weighted by Gasteiger charge is -2.30. The first kappa shape index (κ1) is 24.9. The van der Waals surface area contributed by atoms with Gasteiger partial charge in [0.25, 0.3) is 0 Å². The van der Waals surface area contributed by atoms with E-state index in [0.717, 1.165) is 24.2 Å². The standard InChI is InChI=1S/C27H33N3O5/c1-33-13-14-34-25(31)17-23-16-22-15-21(9-10-24(22)35-27(23)28)26(32)20-7-5-19(6-8-20)18-29-30-11-3-2-4-12-30/h5-10,15,18,23,27H,2-4,11-14,16-17,28H2,1H3. The number of hydrogen-bond acceptors (Lipinski definition) is 8. The number of carbonyl (C=O) groups excluding carboxylic acids is 2.